The van der Waals surface area contributed by atoms with Crippen LogP contribution < -0.4 is 0 Å². The van der Waals surface area contributed by atoms with E-state index < -0.39 is 129 Å². The van der Waals surface area contributed by atoms with E-state index in [1.165, 1.54) is 6.92 Å². The van der Waals surface area contributed by atoms with Crippen LogP contribution >= 0.6 is 0 Å². The van der Waals surface area contributed by atoms with Gasteiger partial charge in [0.1, 0.15) is 67.1 Å². The van der Waals surface area contributed by atoms with Gasteiger partial charge in [-0.05, 0) is 80.5 Å². The normalized spacial score (nSPS) is 54.8. The van der Waals surface area contributed by atoms with Gasteiger partial charge in [-0.2, -0.15) is 0 Å². The van der Waals surface area contributed by atoms with E-state index in [-0.39, 0.29) is 54.1 Å². The maximum absolute atomic E-state index is 11.4. The number of hydrogen-bond donors (Lipinski definition) is 11. The molecular weight excluding hydrogens is 856 g/mol. The van der Waals surface area contributed by atoms with Crippen molar-refractivity contribution in [2.45, 2.75) is 202 Å². The van der Waals surface area contributed by atoms with Crippen molar-refractivity contribution in [3.05, 3.63) is 11.6 Å². The summed E-state index contributed by atoms with van der Waals surface area (Å²) in [5.74, 6) is 0.0981. The lowest BCUT2D eigenvalue weighted by Gasteiger charge is -2.60. The van der Waals surface area contributed by atoms with Gasteiger partial charge in [0.05, 0.1) is 44.2 Å². The molecule has 4 saturated heterocycles. The molecule has 0 bridgehead atoms. The van der Waals surface area contributed by atoms with E-state index in [1.807, 2.05) is 6.92 Å². The molecule has 4 aliphatic carbocycles. The molecule has 11 N–H and O–H groups in total. The van der Waals surface area contributed by atoms with Gasteiger partial charge in [0.15, 0.2) is 24.7 Å². The highest BCUT2D eigenvalue weighted by Crippen LogP contribution is 2.70. The van der Waals surface area contributed by atoms with Crippen molar-refractivity contribution >= 4 is 0 Å². The minimum atomic E-state index is -1.70. The van der Waals surface area contributed by atoms with Crippen molar-refractivity contribution in [1.29, 1.82) is 0 Å². The van der Waals surface area contributed by atoms with E-state index in [9.17, 15) is 56.2 Å². The Labute approximate surface area is 380 Å². The first kappa shape index (κ1) is 50.4. The van der Waals surface area contributed by atoms with E-state index in [0.29, 0.717) is 25.2 Å². The van der Waals surface area contributed by atoms with Crippen molar-refractivity contribution in [3.63, 3.8) is 0 Å². The second-order valence-corrected chi connectivity index (χ2v) is 21.3. The van der Waals surface area contributed by atoms with Gasteiger partial charge in [-0.3, -0.25) is 0 Å². The average molecular weight is 933 g/mol. The summed E-state index contributed by atoms with van der Waals surface area (Å²) in [7, 11) is 1.70. The molecule has 8 aliphatic rings. The minimum absolute atomic E-state index is 0.0148. The molecule has 27 unspecified atom stereocenters. The average Bonchev–Trinajstić information content (AvgIpc) is 3.74. The van der Waals surface area contributed by atoms with Crippen LogP contribution in [-0.4, -0.2) is 199 Å². The Balaban J connectivity index is 0.963. The highest BCUT2D eigenvalue weighted by molar-refractivity contribution is 5.29. The summed E-state index contributed by atoms with van der Waals surface area (Å²) in [6, 6.07) is 0. The number of allylic oxidation sites excluding steroid dienone is 1. The van der Waals surface area contributed by atoms with E-state index in [2.05, 4.69) is 26.8 Å². The molecule has 0 spiro atoms. The van der Waals surface area contributed by atoms with Crippen molar-refractivity contribution in [2.75, 3.05) is 26.9 Å². The molecule has 27 atom stereocenters. The Kier molecular flexibility index (Phi) is 15.0. The van der Waals surface area contributed by atoms with Crippen LogP contribution in [0.2, 0.25) is 0 Å². The molecule has 4 heterocycles. The molecule has 0 aromatic heterocycles. The first-order chi connectivity index (χ1) is 30.7. The number of rotatable bonds is 13. The molecule has 8 rings (SSSR count). The third-order valence-corrected chi connectivity index (χ3v) is 17.8. The lowest BCUT2D eigenvalue weighted by Crippen LogP contribution is -2.65. The van der Waals surface area contributed by atoms with Gasteiger partial charge in [-0.25, -0.2) is 0 Å². The first-order valence-corrected chi connectivity index (χ1v) is 23.9. The summed E-state index contributed by atoms with van der Waals surface area (Å²) >= 11 is 0. The van der Waals surface area contributed by atoms with E-state index in [0.717, 1.165) is 31.3 Å². The smallest absolute Gasteiger partial charge is 0.187 e. The van der Waals surface area contributed by atoms with Crippen LogP contribution in [0.4, 0.5) is 0 Å². The van der Waals surface area contributed by atoms with Crippen LogP contribution in [0.25, 0.3) is 0 Å². The Hall–Kier alpha value is -1.02. The number of aliphatic hydroxyl groups excluding tert-OH is 11. The predicted molar refractivity (Wildman–Crippen MR) is 224 cm³/mol. The molecule has 0 amide bonds. The third-order valence-electron chi connectivity index (χ3n) is 17.8. The Morgan fingerprint density at radius 1 is 0.754 bits per heavy atom. The third kappa shape index (κ3) is 8.60. The van der Waals surface area contributed by atoms with E-state index in [4.69, 9.17) is 37.9 Å². The number of fused-ring (bicyclic) bond motifs is 7. The maximum Gasteiger partial charge on any atom is 0.187 e. The van der Waals surface area contributed by atoms with Crippen molar-refractivity contribution in [1.82, 2.24) is 0 Å². The molecule has 65 heavy (non-hydrogen) atoms. The summed E-state index contributed by atoms with van der Waals surface area (Å²) in [6.45, 7) is 9.34. The molecule has 3 saturated carbocycles. The van der Waals surface area contributed by atoms with Crippen molar-refractivity contribution in [3.8, 4) is 0 Å². The lowest BCUT2D eigenvalue weighted by atomic mass is 9.46. The van der Waals surface area contributed by atoms with Crippen LogP contribution in [0.15, 0.2) is 11.6 Å². The van der Waals surface area contributed by atoms with Gasteiger partial charge in [0.2, 0.25) is 0 Å². The Morgan fingerprint density at radius 3 is 2.08 bits per heavy atom. The SMILES string of the molecule is COC1(CCC(C)COC2OC(CO)C(O)C(O)C2O)OC2CC3C4CC=C5CC(O)CC(OC6OC(CO)C(O)C(O)C6OC6OC(C)C(O)C(O)C6O)C5(C)C4CCC3(C)C2C1C. The highest BCUT2D eigenvalue weighted by Gasteiger charge is 2.69. The second-order valence-electron chi connectivity index (χ2n) is 21.3. The van der Waals surface area contributed by atoms with Crippen molar-refractivity contribution in [2.24, 2.45) is 46.3 Å². The van der Waals surface area contributed by atoms with Gasteiger partial charge in [0, 0.05) is 31.3 Å². The molecular formula is C46H76O19. The van der Waals surface area contributed by atoms with Crippen LogP contribution in [0.5, 0.6) is 0 Å². The van der Waals surface area contributed by atoms with Gasteiger partial charge >= 0.3 is 0 Å². The minimum Gasteiger partial charge on any atom is -0.394 e. The lowest BCUT2D eigenvalue weighted by molar-refractivity contribution is -0.374. The Bertz CT molecular complexity index is 1660. The van der Waals surface area contributed by atoms with Crippen LogP contribution in [0.3, 0.4) is 0 Å². The molecule has 19 heteroatoms. The van der Waals surface area contributed by atoms with Gasteiger partial charge < -0.3 is 94.1 Å². The summed E-state index contributed by atoms with van der Waals surface area (Å²) in [6.07, 6.45) is -15.0. The first-order valence-electron chi connectivity index (χ1n) is 23.9. The fourth-order valence-corrected chi connectivity index (χ4v) is 13.9. The molecule has 0 radical (unpaired) electrons. The van der Waals surface area contributed by atoms with Crippen LogP contribution in [-0.2, 0) is 37.9 Å². The molecule has 374 valence electrons. The predicted octanol–water partition coefficient (Wildman–Crippen LogP) is -1.21. The summed E-state index contributed by atoms with van der Waals surface area (Å²) in [5, 5.41) is 116. The maximum atomic E-state index is 11.4. The fourth-order valence-electron chi connectivity index (χ4n) is 13.9. The Morgan fingerprint density at radius 2 is 1.40 bits per heavy atom. The molecule has 0 aromatic carbocycles. The number of aliphatic hydroxyl groups is 11. The molecule has 19 nitrogen and oxygen atoms in total. The second kappa shape index (κ2) is 19.3. The summed E-state index contributed by atoms with van der Waals surface area (Å²) < 4.78 is 49.5. The number of hydrogen-bond acceptors (Lipinski definition) is 19. The monoisotopic (exact) mass is 932 g/mol. The quantitative estimate of drug-likeness (QED) is 0.0967. The van der Waals surface area contributed by atoms with E-state index >= 15 is 0 Å². The van der Waals surface area contributed by atoms with Crippen LogP contribution in [0, 0.1) is 46.3 Å². The molecule has 7 fully saturated rings. The molecule has 0 aromatic rings. The zero-order chi connectivity index (χ0) is 47.1. The standard InChI is InChI=1S/C46H76O19/c1-19(18-59-41-38(56)36(54)33(51)28(16-47)61-41)9-12-46(58-6)20(2)31-27(65-46)15-26-24-8-7-22-13-23(49)14-30(45(22,5)25(24)10-11-44(26,31)4)63-43-40(37(55)34(52)29(17-48)62-43)64-42-39(57)35(53)32(50)21(3)60-42/h7,19-21,23-43,47-57H,8-18H2,1-6H3. The summed E-state index contributed by atoms with van der Waals surface area (Å²) in [4.78, 5) is 0. The van der Waals surface area contributed by atoms with Gasteiger partial charge in [0.25, 0.3) is 0 Å². The zero-order valence-electron chi connectivity index (χ0n) is 38.4. The summed E-state index contributed by atoms with van der Waals surface area (Å²) in [5.41, 5.74) is 0.421. The van der Waals surface area contributed by atoms with E-state index in [1.54, 1.807) is 7.11 Å². The zero-order valence-corrected chi connectivity index (χ0v) is 38.4. The fraction of sp³-hybridized carbons (Fsp3) is 0.957. The van der Waals surface area contributed by atoms with Crippen molar-refractivity contribution < 1.29 is 94.1 Å². The van der Waals surface area contributed by atoms with Gasteiger partial charge in [-0.15, -0.1) is 0 Å². The number of ether oxygens (including phenoxy) is 8. The number of methoxy groups -OCH3 is 1. The van der Waals surface area contributed by atoms with Gasteiger partial charge in [-0.1, -0.05) is 39.3 Å². The van der Waals surface area contributed by atoms with Crippen LogP contribution in [0.1, 0.15) is 86.0 Å². The topological polar surface area (TPSA) is 296 Å². The largest absolute Gasteiger partial charge is 0.394 e. The highest BCUT2D eigenvalue weighted by atomic mass is 16.8. The molecule has 4 aliphatic heterocycles.